The predicted octanol–water partition coefficient (Wildman–Crippen LogP) is 4.11. The number of amides is 6. The zero-order valence-electron chi connectivity index (χ0n) is 32.0. The Morgan fingerprint density at radius 2 is 1.61 bits per heavy atom. The minimum absolute atomic E-state index is 0.0707. The second-order valence-electron chi connectivity index (χ2n) is 16.5. The third-order valence-electron chi connectivity index (χ3n) is 12.8. The first kappa shape index (κ1) is 37.0. The molecule has 1 aromatic heterocycles. The maximum absolute atomic E-state index is 13.3. The molecular weight excluding hydrogens is 729 g/mol. The van der Waals surface area contributed by atoms with Crippen LogP contribution in [0.15, 0.2) is 48.5 Å². The van der Waals surface area contributed by atoms with Crippen molar-refractivity contribution in [2.24, 2.45) is 0 Å². The van der Waals surface area contributed by atoms with Crippen LogP contribution < -0.4 is 15.5 Å². The summed E-state index contributed by atoms with van der Waals surface area (Å²) in [4.78, 5) is 83.9. The number of aromatic amines is 1. The molecule has 298 valence electrons. The predicted molar refractivity (Wildman–Crippen MR) is 207 cm³/mol. The van der Waals surface area contributed by atoms with E-state index in [-0.39, 0.29) is 60.0 Å². The molecule has 2 saturated carbocycles. The lowest BCUT2D eigenvalue weighted by Gasteiger charge is -2.36. The smallest absolute Gasteiger partial charge is 0.410 e. The van der Waals surface area contributed by atoms with Crippen molar-refractivity contribution in [2.45, 2.75) is 101 Å². The van der Waals surface area contributed by atoms with E-state index >= 15 is 0 Å². The number of H-pyrrole nitrogens is 1. The van der Waals surface area contributed by atoms with E-state index in [2.05, 4.69) is 42.8 Å². The van der Waals surface area contributed by atoms with E-state index < -0.39 is 29.7 Å². The molecule has 5 fully saturated rings. The number of likely N-dealkylation sites (tertiary alicyclic amines) is 1. The first-order valence-corrected chi connectivity index (χ1v) is 20.4. The number of imide groups is 2. The summed E-state index contributed by atoms with van der Waals surface area (Å²) in [5.74, 6) is -1.49. The van der Waals surface area contributed by atoms with Gasteiger partial charge >= 0.3 is 6.09 Å². The van der Waals surface area contributed by atoms with Gasteiger partial charge in [-0.2, -0.15) is 5.10 Å². The standard InChI is InChI=1S/C42H48N8O7/c51-36-12-11-34(38(53)44-36)50-39(54)31-10-8-29(23-32(31)40(50)55)48-19-17-47(18-20-48)25-27-5-3-26(4-6-27)21-37(52)43-35-24-33(45-46-35)28-7-9-30(22-28)57-41(56)49-16-2-1-13-42(49)14-15-42/h3-6,8,10,23-24,28,30,34H,1-2,7,9,11-22,25H2,(H,44,51,53)(H2,43,45,46,52)/t28-,30+,34?/m0/s1. The van der Waals surface area contributed by atoms with Crippen LogP contribution in [0.1, 0.15) is 108 Å². The van der Waals surface area contributed by atoms with Crippen molar-refractivity contribution < 1.29 is 33.5 Å². The number of rotatable bonds is 9. The fraction of sp³-hybridized carbons (Fsp3) is 0.500. The lowest BCUT2D eigenvalue weighted by atomic mass is 10.0. The molecule has 0 radical (unpaired) electrons. The Morgan fingerprint density at radius 3 is 2.39 bits per heavy atom. The number of benzene rings is 2. The van der Waals surface area contributed by atoms with Crippen molar-refractivity contribution in [3.05, 3.63) is 76.5 Å². The Labute approximate surface area is 330 Å². The zero-order valence-corrected chi connectivity index (χ0v) is 32.0. The largest absolute Gasteiger partial charge is 0.446 e. The lowest BCUT2D eigenvalue weighted by molar-refractivity contribution is -0.136. The molecule has 15 heteroatoms. The summed E-state index contributed by atoms with van der Waals surface area (Å²) in [6, 6.07) is 14.2. The van der Waals surface area contributed by atoms with Crippen LogP contribution >= 0.6 is 0 Å². The highest BCUT2D eigenvalue weighted by Gasteiger charge is 2.52. The molecule has 0 bridgehead atoms. The van der Waals surface area contributed by atoms with Crippen LogP contribution in [-0.2, 0) is 32.1 Å². The first-order chi connectivity index (χ1) is 27.6. The van der Waals surface area contributed by atoms with Gasteiger partial charge in [0.25, 0.3) is 11.8 Å². The molecule has 9 rings (SSSR count). The van der Waals surface area contributed by atoms with Crippen molar-refractivity contribution in [1.29, 1.82) is 0 Å². The van der Waals surface area contributed by atoms with Gasteiger partial charge in [0.1, 0.15) is 12.1 Å². The monoisotopic (exact) mass is 776 g/mol. The third-order valence-corrected chi connectivity index (χ3v) is 12.8. The van der Waals surface area contributed by atoms with Gasteiger partial charge in [0.15, 0.2) is 5.82 Å². The summed E-state index contributed by atoms with van der Waals surface area (Å²) in [5, 5.41) is 12.6. The van der Waals surface area contributed by atoms with E-state index in [1.165, 1.54) is 6.42 Å². The van der Waals surface area contributed by atoms with E-state index in [9.17, 15) is 28.8 Å². The fourth-order valence-corrected chi connectivity index (χ4v) is 9.40. The normalized spacial score (nSPS) is 24.5. The molecule has 3 N–H and O–H groups in total. The van der Waals surface area contributed by atoms with E-state index in [1.807, 2.05) is 29.2 Å². The minimum Gasteiger partial charge on any atom is -0.446 e. The van der Waals surface area contributed by atoms with Crippen LogP contribution in [0.2, 0.25) is 0 Å². The lowest BCUT2D eigenvalue weighted by Crippen LogP contribution is -2.54. The molecule has 6 amide bonds. The molecular formula is C42H48N8O7. The summed E-state index contributed by atoms with van der Waals surface area (Å²) in [7, 11) is 0. The maximum Gasteiger partial charge on any atom is 0.410 e. The molecule has 3 saturated heterocycles. The van der Waals surface area contributed by atoms with Gasteiger partial charge in [-0.05, 0) is 87.1 Å². The Morgan fingerprint density at radius 1 is 0.842 bits per heavy atom. The SMILES string of the molecule is O=C1CCC(N2C(=O)c3ccc(N4CCN(Cc5ccc(CC(=O)Nc6cc([C@H]7CC[C@@H](OC(=O)N8CCCCC89CC9)C7)[nH]n6)cc5)CC4)cc3C2=O)C(=O)N1. The number of aromatic nitrogens is 2. The number of hydrogen-bond donors (Lipinski definition) is 3. The summed E-state index contributed by atoms with van der Waals surface area (Å²) in [5.41, 5.74) is 4.46. The van der Waals surface area contributed by atoms with E-state index in [1.54, 1.807) is 12.1 Å². The highest BCUT2D eigenvalue weighted by atomic mass is 16.6. The van der Waals surface area contributed by atoms with Gasteiger partial charge in [-0.1, -0.05) is 24.3 Å². The van der Waals surface area contributed by atoms with Crippen molar-refractivity contribution >= 4 is 47.1 Å². The quantitative estimate of drug-likeness (QED) is 0.268. The molecule has 1 spiro atoms. The topological polar surface area (TPSA) is 177 Å². The molecule has 15 nitrogen and oxygen atoms in total. The number of carbonyl (C=O) groups excluding carboxylic acids is 6. The van der Waals surface area contributed by atoms with Crippen LogP contribution in [0.25, 0.3) is 0 Å². The highest BCUT2D eigenvalue weighted by Crippen LogP contribution is 2.49. The molecule has 6 aliphatic rings. The number of nitrogens with zero attached hydrogens (tertiary/aromatic N) is 5. The summed E-state index contributed by atoms with van der Waals surface area (Å²) < 4.78 is 5.97. The summed E-state index contributed by atoms with van der Waals surface area (Å²) in [6.45, 7) is 4.63. The van der Waals surface area contributed by atoms with Gasteiger partial charge in [0.2, 0.25) is 17.7 Å². The van der Waals surface area contributed by atoms with Crippen LogP contribution in [0.4, 0.5) is 16.3 Å². The number of piperidine rings is 2. The number of piperazine rings is 1. The fourth-order valence-electron chi connectivity index (χ4n) is 9.40. The van der Waals surface area contributed by atoms with Crippen molar-refractivity contribution in [3.63, 3.8) is 0 Å². The zero-order chi connectivity index (χ0) is 39.3. The summed E-state index contributed by atoms with van der Waals surface area (Å²) in [6.07, 6.45) is 8.17. The number of hydrogen-bond acceptors (Lipinski definition) is 10. The Kier molecular flexibility index (Phi) is 9.79. The van der Waals surface area contributed by atoms with Crippen molar-refractivity contribution in [3.8, 4) is 0 Å². The second-order valence-corrected chi connectivity index (χ2v) is 16.5. The van der Waals surface area contributed by atoms with E-state index in [0.717, 1.165) is 112 Å². The molecule has 2 aliphatic carbocycles. The third kappa shape index (κ3) is 7.52. The number of anilines is 2. The molecule has 5 heterocycles. The average Bonchev–Trinajstić information content (AvgIpc) is 3.48. The highest BCUT2D eigenvalue weighted by molar-refractivity contribution is 6.23. The number of carbonyl (C=O) groups is 6. The molecule has 3 aromatic rings. The molecule has 4 aliphatic heterocycles. The minimum atomic E-state index is -0.986. The first-order valence-electron chi connectivity index (χ1n) is 20.4. The van der Waals surface area contributed by atoms with Gasteiger partial charge in [-0.25, -0.2) is 4.79 Å². The average molecular weight is 777 g/mol. The van der Waals surface area contributed by atoms with E-state index in [4.69, 9.17) is 4.74 Å². The van der Waals surface area contributed by atoms with Crippen molar-refractivity contribution in [1.82, 2.24) is 30.2 Å². The number of fused-ring (bicyclic) bond motifs is 1. The Bertz CT molecular complexity index is 2100. The Hall–Kier alpha value is -5.57. The van der Waals surface area contributed by atoms with Crippen LogP contribution in [-0.4, -0.2) is 111 Å². The van der Waals surface area contributed by atoms with E-state index in [0.29, 0.717) is 5.82 Å². The van der Waals surface area contributed by atoms with Gasteiger partial charge in [0.05, 0.1) is 17.5 Å². The molecule has 3 atom stereocenters. The van der Waals surface area contributed by atoms with Crippen molar-refractivity contribution in [2.75, 3.05) is 42.9 Å². The number of nitrogens with one attached hydrogen (secondary N) is 3. The summed E-state index contributed by atoms with van der Waals surface area (Å²) >= 11 is 0. The Balaban J connectivity index is 0.716. The van der Waals surface area contributed by atoms with Gasteiger partial charge in [0, 0.05) is 74.6 Å². The second kappa shape index (κ2) is 15.1. The van der Waals surface area contributed by atoms with Crippen LogP contribution in [0.5, 0.6) is 0 Å². The van der Waals surface area contributed by atoms with Gasteiger partial charge in [-0.3, -0.25) is 44.2 Å². The molecule has 57 heavy (non-hydrogen) atoms. The number of ether oxygens (including phenoxy) is 1. The molecule has 1 unspecified atom stereocenters. The molecule has 2 aromatic carbocycles. The van der Waals surface area contributed by atoms with Crippen LogP contribution in [0.3, 0.4) is 0 Å². The van der Waals surface area contributed by atoms with Crippen LogP contribution in [0, 0.1) is 0 Å². The maximum atomic E-state index is 13.3. The van der Waals surface area contributed by atoms with Gasteiger partial charge < -0.3 is 19.9 Å². The van der Waals surface area contributed by atoms with Gasteiger partial charge in [-0.15, -0.1) is 0 Å².